The summed E-state index contributed by atoms with van der Waals surface area (Å²) >= 11 is 0. The number of anilines is 1. The van der Waals surface area contributed by atoms with E-state index in [0.717, 1.165) is 13.1 Å². The minimum Gasteiger partial charge on any atom is -0.366 e. The van der Waals surface area contributed by atoms with Crippen molar-refractivity contribution in [1.29, 1.82) is 0 Å². The van der Waals surface area contributed by atoms with E-state index < -0.39 is 5.91 Å². The molecule has 3 N–H and O–H groups in total. The monoisotopic (exact) mass is 290 g/mol. The van der Waals surface area contributed by atoms with Gasteiger partial charge in [-0.1, -0.05) is 12.1 Å². The topological polar surface area (TPSA) is 78.7 Å². The maximum atomic E-state index is 12.3. The van der Waals surface area contributed by atoms with Gasteiger partial charge in [0.2, 0.25) is 0 Å². The summed E-state index contributed by atoms with van der Waals surface area (Å²) < 4.78 is 0. The fourth-order valence-corrected chi connectivity index (χ4v) is 2.44. The molecular formula is C15H22N4O2. The molecule has 114 valence electrons. The minimum atomic E-state index is -0.546. The number of piperazine rings is 1. The van der Waals surface area contributed by atoms with Gasteiger partial charge in [-0.2, -0.15) is 0 Å². The van der Waals surface area contributed by atoms with Crippen LogP contribution in [0.25, 0.3) is 0 Å². The maximum absolute atomic E-state index is 12.3. The van der Waals surface area contributed by atoms with Crippen molar-refractivity contribution < 1.29 is 9.59 Å². The van der Waals surface area contributed by atoms with E-state index in [9.17, 15) is 9.59 Å². The third kappa shape index (κ3) is 3.72. The normalized spacial score (nSPS) is 16.0. The van der Waals surface area contributed by atoms with Gasteiger partial charge in [0.25, 0.3) is 5.91 Å². The number of amides is 3. The Labute approximate surface area is 124 Å². The van der Waals surface area contributed by atoms with Gasteiger partial charge in [0, 0.05) is 32.2 Å². The molecule has 6 nitrogen and oxygen atoms in total. The van der Waals surface area contributed by atoms with E-state index in [1.54, 1.807) is 29.2 Å². The molecule has 3 amide bonds. The van der Waals surface area contributed by atoms with E-state index in [-0.39, 0.29) is 6.03 Å². The Kier molecular flexibility index (Phi) is 4.80. The highest BCUT2D eigenvalue weighted by atomic mass is 16.2. The molecule has 0 radical (unpaired) electrons. The van der Waals surface area contributed by atoms with Crippen molar-refractivity contribution in [2.75, 3.05) is 31.5 Å². The van der Waals surface area contributed by atoms with Gasteiger partial charge in [0.15, 0.2) is 0 Å². The molecule has 1 aromatic rings. The molecule has 0 aliphatic carbocycles. The van der Waals surface area contributed by atoms with Crippen LogP contribution < -0.4 is 11.1 Å². The number of primary amides is 1. The number of nitrogens with two attached hydrogens (primary N) is 1. The molecule has 1 fully saturated rings. The van der Waals surface area contributed by atoms with Crippen LogP contribution in [0.5, 0.6) is 0 Å². The van der Waals surface area contributed by atoms with Gasteiger partial charge in [-0.3, -0.25) is 9.69 Å². The molecule has 1 aliphatic rings. The van der Waals surface area contributed by atoms with E-state index in [0.29, 0.717) is 30.4 Å². The molecule has 1 heterocycles. The number of nitrogens with one attached hydrogen (secondary N) is 1. The second-order valence-corrected chi connectivity index (χ2v) is 5.46. The number of para-hydroxylation sites is 1. The van der Waals surface area contributed by atoms with Crippen LogP contribution in [0.15, 0.2) is 24.3 Å². The summed E-state index contributed by atoms with van der Waals surface area (Å²) in [6.45, 7) is 7.40. The summed E-state index contributed by atoms with van der Waals surface area (Å²) in [5.41, 5.74) is 6.09. The van der Waals surface area contributed by atoms with E-state index in [1.807, 2.05) is 0 Å². The van der Waals surface area contributed by atoms with Crippen molar-refractivity contribution in [1.82, 2.24) is 9.80 Å². The fourth-order valence-electron chi connectivity index (χ4n) is 2.44. The van der Waals surface area contributed by atoms with Crippen molar-refractivity contribution in [3.63, 3.8) is 0 Å². The number of benzene rings is 1. The second-order valence-electron chi connectivity index (χ2n) is 5.46. The first-order valence-electron chi connectivity index (χ1n) is 7.18. The third-order valence-corrected chi connectivity index (χ3v) is 3.77. The lowest BCUT2D eigenvalue weighted by atomic mass is 10.1. The number of rotatable bonds is 3. The molecule has 0 bridgehead atoms. The van der Waals surface area contributed by atoms with Gasteiger partial charge in [-0.25, -0.2) is 4.79 Å². The molecular weight excluding hydrogens is 268 g/mol. The Balaban J connectivity index is 1.98. The second kappa shape index (κ2) is 6.58. The predicted molar refractivity (Wildman–Crippen MR) is 82.3 cm³/mol. The van der Waals surface area contributed by atoms with Crippen LogP contribution in [-0.2, 0) is 0 Å². The van der Waals surface area contributed by atoms with Gasteiger partial charge in [-0.05, 0) is 26.0 Å². The fraction of sp³-hybridized carbons (Fsp3) is 0.467. The number of carbonyl (C=O) groups is 2. The first-order valence-corrected chi connectivity index (χ1v) is 7.18. The zero-order valence-electron chi connectivity index (χ0n) is 12.5. The Morgan fingerprint density at radius 2 is 1.76 bits per heavy atom. The highest BCUT2D eigenvalue weighted by Crippen LogP contribution is 2.15. The molecule has 0 aromatic heterocycles. The predicted octanol–water partition coefficient (Wildman–Crippen LogP) is 1.34. The summed E-state index contributed by atoms with van der Waals surface area (Å²) in [5, 5.41) is 2.77. The van der Waals surface area contributed by atoms with Crippen LogP contribution >= 0.6 is 0 Å². The average Bonchev–Trinajstić information content (AvgIpc) is 2.47. The summed E-state index contributed by atoms with van der Waals surface area (Å²) in [5.74, 6) is -0.546. The Bertz CT molecular complexity index is 522. The minimum absolute atomic E-state index is 0.188. The quantitative estimate of drug-likeness (QED) is 0.882. The van der Waals surface area contributed by atoms with E-state index in [2.05, 4.69) is 24.1 Å². The lowest BCUT2D eigenvalue weighted by Gasteiger charge is -2.36. The van der Waals surface area contributed by atoms with Crippen molar-refractivity contribution in [3.05, 3.63) is 29.8 Å². The van der Waals surface area contributed by atoms with Crippen LogP contribution in [0.1, 0.15) is 24.2 Å². The lowest BCUT2D eigenvalue weighted by molar-refractivity contribution is 0.100. The van der Waals surface area contributed by atoms with Crippen LogP contribution in [0, 0.1) is 0 Å². The first-order chi connectivity index (χ1) is 9.99. The first kappa shape index (κ1) is 15.3. The number of hydrogen-bond donors (Lipinski definition) is 2. The van der Waals surface area contributed by atoms with Crippen LogP contribution in [0.2, 0.25) is 0 Å². The van der Waals surface area contributed by atoms with Crippen LogP contribution in [0.4, 0.5) is 10.5 Å². The van der Waals surface area contributed by atoms with Crippen LogP contribution in [0.3, 0.4) is 0 Å². The average molecular weight is 290 g/mol. The Hall–Kier alpha value is -2.08. The van der Waals surface area contributed by atoms with Gasteiger partial charge in [-0.15, -0.1) is 0 Å². The summed E-state index contributed by atoms with van der Waals surface area (Å²) in [6, 6.07) is 7.07. The number of nitrogens with zero attached hydrogens (tertiary/aromatic N) is 2. The SMILES string of the molecule is CC(C)N1CCN(C(=O)Nc2ccccc2C(N)=O)CC1. The number of urea groups is 1. The van der Waals surface area contributed by atoms with Crippen LogP contribution in [-0.4, -0.2) is 54.0 Å². The van der Waals surface area contributed by atoms with Crippen molar-refractivity contribution in [3.8, 4) is 0 Å². The molecule has 2 rings (SSSR count). The number of carbonyl (C=O) groups excluding carboxylic acids is 2. The molecule has 0 unspecified atom stereocenters. The van der Waals surface area contributed by atoms with E-state index in [1.165, 1.54) is 0 Å². The molecule has 1 saturated heterocycles. The van der Waals surface area contributed by atoms with Gasteiger partial charge >= 0.3 is 6.03 Å². The molecule has 1 aromatic carbocycles. The van der Waals surface area contributed by atoms with Gasteiger partial charge < -0.3 is 16.0 Å². The van der Waals surface area contributed by atoms with Gasteiger partial charge in [0.1, 0.15) is 0 Å². The standard InChI is InChI=1S/C15H22N4O2/c1-11(2)18-7-9-19(10-8-18)15(21)17-13-6-4-3-5-12(13)14(16)20/h3-6,11H,7-10H2,1-2H3,(H2,16,20)(H,17,21). The maximum Gasteiger partial charge on any atom is 0.321 e. The summed E-state index contributed by atoms with van der Waals surface area (Å²) in [7, 11) is 0. The lowest BCUT2D eigenvalue weighted by Crippen LogP contribution is -2.51. The summed E-state index contributed by atoms with van der Waals surface area (Å²) in [6.07, 6.45) is 0. The van der Waals surface area contributed by atoms with E-state index >= 15 is 0 Å². The van der Waals surface area contributed by atoms with Gasteiger partial charge in [0.05, 0.1) is 11.3 Å². The molecule has 0 saturated carbocycles. The van der Waals surface area contributed by atoms with Crippen molar-refractivity contribution in [2.45, 2.75) is 19.9 Å². The Morgan fingerprint density at radius 3 is 2.33 bits per heavy atom. The molecule has 1 aliphatic heterocycles. The highest BCUT2D eigenvalue weighted by molar-refractivity contribution is 6.02. The van der Waals surface area contributed by atoms with Crippen molar-refractivity contribution >= 4 is 17.6 Å². The molecule has 6 heteroatoms. The molecule has 0 atom stereocenters. The smallest absolute Gasteiger partial charge is 0.321 e. The third-order valence-electron chi connectivity index (χ3n) is 3.77. The number of hydrogen-bond acceptors (Lipinski definition) is 3. The molecule has 0 spiro atoms. The molecule has 21 heavy (non-hydrogen) atoms. The Morgan fingerprint density at radius 1 is 1.14 bits per heavy atom. The summed E-state index contributed by atoms with van der Waals surface area (Å²) in [4.78, 5) is 27.7. The van der Waals surface area contributed by atoms with E-state index in [4.69, 9.17) is 5.73 Å². The van der Waals surface area contributed by atoms with Crippen molar-refractivity contribution in [2.24, 2.45) is 5.73 Å². The zero-order valence-corrected chi connectivity index (χ0v) is 12.5. The largest absolute Gasteiger partial charge is 0.366 e. The highest BCUT2D eigenvalue weighted by Gasteiger charge is 2.23. The zero-order chi connectivity index (χ0) is 15.4.